The summed E-state index contributed by atoms with van der Waals surface area (Å²) in [7, 11) is 1.53. The highest BCUT2D eigenvalue weighted by molar-refractivity contribution is 6.35. The quantitative estimate of drug-likeness (QED) is 0.709. The normalized spacial score (nSPS) is 18.2. The average molecular weight is 410 g/mol. The molecule has 0 fully saturated rings. The van der Waals surface area contributed by atoms with Crippen LogP contribution in [0.5, 0.6) is 5.75 Å². The monoisotopic (exact) mass is 409 g/mol. The molecule has 0 saturated heterocycles. The Bertz CT molecular complexity index is 889. The number of carbonyl (C=O) groups excluding carboxylic acids is 1. The molecule has 0 aliphatic carbocycles. The molecule has 9 heteroatoms. The molecule has 2 unspecified atom stereocenters. The number of ether oxygens (including phenoxy) is 1. The fraction of sp³-hybridized carbons (Fsp3) is 0.222. The molecule has 2 amide bonds. The van der Waals surface area contributed by atoms with Crippen LogP contribution < -0.4 is 20.7 Å². The number of anilines is 2. The molecule has 0 spiro atoms. The first-order valence-electron chi connectivity index (χ1n) is 8.02. The van der Waals surface area contributed by atoms with E-state index in [0.29, 0.717) is 32.7 Å². The van der Waals surface area contributed by atoms with E-state index in [1.54, 1.807) is 36.4 Å². The zero-order valence-electron chi connectivity index (χ0n) is 14.3. The number of amides is 2. The molecule has 2 atom stereocenters. The van der Waals surface area contributed by atoms with E-state index in [0.717, 1.165) is 0 Å². The van der Waals surface area contributed by atoms with Crippen LogP contribution in [-0.2, 0) is 4.79 Å². The van der Waals surface area contributed by atoms with Crippen molar-refractivity contribution < 1.29 is 19.4 Å². The number of rotatable bonds is 4. The van der Waals surface area contributed by atoms with Crippen molar-refractivity contribution in [1.82, 2.24) is 0 Å². The van der Waals surface area contributed by atoms with Gasteiger partial charge in [-0.15, -0.1) is 0 Å². The Kier molecular flexibility index (Phi) is 5.34. The van der Waals surface area contributed by atoms with Gasteiger partial charge >= 0.3 is 12.0 Å². The van der Waals surface area contributed by atoms with Crippen molar-refractivity contribution in [2.75, 3.05) is 17.3 Å². The summed E-state index contributed by atoms with van der Waals surface area (Å²) >= 11 is 12.4. The van der Waals surface area contributed by atoms with Gasteiger partial charge in [0.25, 0.3) is 0 Å². The number of benzene rings is 2. The Labute approximate surface area is 165 Å². The van der Waals surface area contributed by atoms with Crippen LogP contribution in [0.1, 0.15) is 18.0 Å². The molecule has 0 bridgehead atoms. The lowest BCUT2D eigenvalue weighted by Gasteiger charge is -2.38. The molecule has 0 saturated carbocycles. The van der Waals surface area contributed by atoms with E-state index in [2.05, 4.69) is 5.32 Å². The second-order valence-electron chi connectivity index (χ2n) is 6.04. The number of carboxylic acids is 1. The first kappa shape index (κ1) is 19.1. The minimum atomic E-state index is -1.05. The van der Waals surface area contributed by atoms with E-state index >= 15 is 0 Å². The number of hydrogen-bond acceptors (Lipinski definition) is 4. The second kappa shape index (κ2) is 7.54. The van der Waals surface area contributed by atoms with Gasteiger partial charge in [0.15, 0.2) is 0 Å². The van der Waals surface area contributed by atoms with Crippen LogP contribution >= 0.6 is 23.2 Å². The van der Waals surface area contributed by atoms with E-state index in [4.69, 9.17) is 33.7 Å². The Morgan fingerprint density at radius 3 is 2.48 bits per heavy atom. The summed E-state index contributed by atoms with van der Waals surface area (Å²) in [5.41, 5.74) is 7.16. The maximum atomic E-state index is 12.3. The lowest BCUT2D eigenvalue weighted by atomic mass is 9.91. The van der Waals surface area contributed by atoms with Gasteiger partial charge in [-0.2, -0.15) is 0 Å². The van der Waals surface area contributed by atoms with Gasteiger partial charge in [0, 0.05) is 33.4 Å². The average Bonchev–Trinajstić information content (AvgIpc) is 2.61. The number of hydrogen-bond donors (Lipinski definition) is 3. The second-order valence-corrected chi connectivity index (χ2v) is 6.89. The fourth-order valence-corrected chi connectivity index (χ4v) is 3.85. The molecule has 1 heterocycles. The van der Waals surface area contributed by atoms with Crippen molar-refractivity contribution in [2.45, 2.75) is 18.5 Å². The molecular formula is C18H17Cl2N3O4. The van der Waals surface area contributed by atoms with Gasteiger partial charge in [-0.05, 0) is 36.4 Å². The molecule has 1 aliphatic rings. The first-order chi connectivity index (χ1) is 12.8. The minimum absolute atomic E-state index is 0.0820. The Morgan fingerprint density at radius 1 is 1.26 bits per heavy atom. The maximum absolute atomic E-state index is 12.3. The smallest absolute Gasteiger partial charge is 0.326 e. The molecule has 2 aromatic rings. The molecule has 0 aromatic heterocycles. The molecule has 3 rings (SSSR count). The number of aliphatic carboxylic acids is 1. The Balaban J connectivity index is 2.13. The Morgan fingerprint density at radius 2 is 1.93 bits per heavy atom. The van der Waals surface area contributed by atoms with Crippen molar-refractivity contribution in [1.29, 1.82) is 0 Å². The minimum Gasteiger partial charge on any atom is -0.497 e. The molecule has 142 valence electrons. The van der Waals surface area contributed by atoms with Gasteiger partial charge in [0.1, 0.15) is 11.8 Å². The van der Waals surface area contributed by atoms with Gasteiger partial charge in [-0.25, -0.2) is 9.59 Å². The topological polar surface area (TPSA) is 105 Å². The van der Waals surface area contributed by atoms with E-state index in [-0.39, 0.29) is 6.42 Å². The van der Waals surface area contributed by atoms with Gasteiger partial charge < -0.3 is 20.9 Å². The summed E-state index contributed by atoms with van der Waals surface area (Å²) in [5.74, 6) is -0.442. The van der Waals surface area contributed by atoms with Crippen LogP contribution in [0.15, 0.2) is 36.4 Å². The SMILES string of the molecule is COc1ccc(N(C(N)=O)C2CC(C(=O)O)Nc3cc(Cl)cc(Cl)c32)cc1. The number of halogens is 2. The van der Waals surface area contributed by atoms with Crippen LogP contribution in [-0.4, -0.2) is 30.3 Å². The highest BCUT2D eigenvalue weighted by Gasteiger charge is 2.38. The number of methoxy groups -OCH3 is 1. The zero-order valence-corrected chi connectivity index (χ0v) is 15.8. The largest absolute Gasteiger partial charge is 0.497 e. The molecular weight excluding hydrogens is 393 g/mol. The molecule has 4 N–H and O–H groups in total. The van der Waals surface area contributed by atoms with E-state index in [1.165, 1.54) is 12.0 Å². The van der Waals surface area contributed by atoms with Crippen molar-refractivity contribution in [3.8, 4) is 5.75 Å². The van der Waals surface area contributed by atoms with Crippen LogP contribution in [0, 0.1) is 0 Å². The molecule has 2 aromatic carbocycles. The number of nitrogens with one attached hydrogen (secondary N) is 1. The number of urea groups is 1. The summed E-state index contributed by atoms with van der Waals surface area (Å²) in [4.78, 5) is 25.2. The third kappa shape index (κ3) is 3.74. The first-order valence-corrected chi connectivity index (χ1v) is 8.78. The standard InChI is InChI=1S/C18H17Cl2N3O4/c1-27-11-4-2-10(3-5-11)23(18(21)26)15-8-14(17(24)25)22-13-7-9(19)6-12(20)16(13)15/h2-7,14-15,22H,8H2,1H3,(H2,21,26)(H,24,25). The summed E-state index contributed by atoms with van der Waals surface area (Å²) in [6, 6.07) is 7.50. The van der Waals surface area contributed by atoms with E-state index in [1.807, 2.05) is 0 Å². The van der Waals surface area contributed by atoms with Crippen LogP contribution in [0.25, 0.3) is 0 Å². The third-order valence-electron chi connectivity index (χ3n) is 4.41. The van der Waals surface area contributed by atoms with Crippen molar-refractivity contribution in [2.24, 2.45) is 5.73 Å². The van der Waals surface area contributed by atoms with Gasteiger partial charge in [-0.3, -0.25) is 4.90 Å². The van der Waals surface area contributed by atoms with Crippen LogP contribution in [0.2, 0.25) is 10.0 Å². The van der Waals surface area contributed by atoms with Gasteiger partial charge in [0.2, 0.25) is 0 Å². The van der Waals surface area contributed by atoms with Gasteiger partial charge in [-0.1, -0.05) is 23.2 Å². The summed E-state index contributed by atoms with van der Waals surface area (Å²) in [5, 5.41) is 13.1. The number of fused-ring (bicyclic) bond motifs is 1. The number of nitrogens with zero attached hydrogens (tertiary/aromatic N) is 1. The van der Waals surface area contributed by atoms with Crippen molar-refractivity contribution >= 4 is 46.6 Å². The highest BCUT2D eigenvalue weighted by Crippen LogP contribution is 2.44. The number of carbonyl (C=O) groups is 2. The number of carboxylic acid groups (broad SMARTS) is 1. The van der Waals surface area contributed by atoms with E-state index < -0.39 is 24.1 Å². The third-order valence-corrected chi connectivity index (χ3v) is 4.94. The Hall–Kier alpha value is -2.64. The lowest BCUT2D eigenvalue weighted by molar-refractivity contribution is -0.138. The zero-order chi connectivity index (χ0) is 19.7. The van der Waals surface area contributed by atoms with Crippen molar-refractivity contribution in [3.05, 3.63) is 52.0 Å². The highest BCUT2D eigenvalue weighted by atomic mass is 35.5. The van der Waals surface area contributed by atoms with Gasteiger partial charge in [0.05, 0.1) is 13.2 Å². The van der Waals surface area contributed by atoms with Crippen LogP contribution in [0.3, 0.4) is 0 Å². The molecule has 1 aliphatic heterocycles. The number of primary amides is 1. The summed E-state index contributed by atoms with van der Waals surface area (Å²) in [6.45, 7) is 0. The lowest BCUT2D eigenvalue weighted by Crippen LogP contribution is -2.45. The molecule has 0 radical (unpaired) electrons. The molecule has 7 nitrogen and oxygen atoms in total. The molecule has 27 heavy (non-hydrogen) atoms. The summed E-state index contributed by atoms with van der Waals surface area (Å²) in [6.07, 6.45) is 0.0820. The predicted molar refractivity (Wildman–Crippen MR) is 104 cm³/mol. The van der Waals surface area contributed by atoms with E-state index in [9.17, 15) is 14.7 Å². The van der Waals surface area contributed by atoms with Crippen molar-refractivity contribution in [3.63, 3.8) is 0 Å². The number of nitrogens with two attached hydrogens (primary N) is 1. The summed E-state index contributed by atoms with van der Waals surface area (Å²) < 4.78 is 5.13. The maximum Gasteiger partial charge on any atom is 0.326 e. The fourth-order valence-electron chi connectivity index (χ4n) is 3.23. The van der Waals surface area contributed by atoms with Crippen LogP contribution in [0.4, 0.5) is 16.2 Å². The predicted octanol–water partition coefficient (Wildman–Crippen LogP) is 3.90.